The van der Waals surface area contributed by atoms with E-state index in [1.165, 1.54) is 12.1 Å². The Morgan fingerprint density at radius 1 is 1.60 bits per heavy atom. The molecule has 1 atom stereocenters. The molecular weight excluding hydrogens is 327 g/mol. The second kappa shape index (κ2) is 7.15. The summed E-state index contributed by atoms with van der Waals surface area (Å²) in [7, 11) is 0. The Bertz CT molecular complexity index is 484. The fourth-order valence-corrected chi connectivity index (χ4v) is 2.60. The van der Waals surface area contributed by atoms with Gasteiger partial charge in [0.2, 0.25) is 0 Å². The first-order chi connectivity index (χ1) is 9.60. The Labute approximate surface area is 126 Å². The van der Waals surface area contributed by atoms with Crippen molar-refractivity contribution >= 4 is 21.8 Å². The van der Waals surface area contributed by atoms with Gasteiger partial charge in [-0.15, -0.1) is 0 Å². The number of benzene rings is 1. The van der Waals surface area contributed by atoms with Crippen LogP contribution in [0.5, 0.6) is 0 Å². The van der Waals surface area contributed by atoms with E-state index in [1.807, 2.05) is 0 Å². The summed E-state index contributed by atoms with van der Waals surface area (Å²) in [5.74, 6) is -0.430. The molecule has 0 saturated carbocycles. The lowest BCUT2D eigenvalue weighted by molar-refractivity contribution is -0.138. The summed E-state index contributed by atoms with van der Waals surface area (Å²) in [5.41, 5.74) is 0.836. The van der Waals surface area contributed by atoms with Crippen molar-refractivity contribution in [3.63, 3.8) is 0 Å². The zero-order valence-electron chi connectivity index (χ0n) is 11.4. The second-order valence-electron chi connectivity index (χ2n) is 4.71. The largest absolute Gasteiger partial charge is 0.366 e. The van der Waals surface area contributed by atoms with Gasteiger partial charge < -0.3 is 10.1 Å². The van der Waals surface area contributed by atoms with Crippen LogP contribution in [0.25, 0.3) is 0 Å². The van der Waals surface area contributed by atoms with Gasteiger partial charge in [0.15, 0.2) is 0 Å². The summed E-state index contributed by atoms with van der Waals surface area (Å²) < 4.78 is 19.1. The molecule has 1 unspecified atom stereocenters. The van der Waals surface area contributed by atoms with Crippen LogP contribution < -0.4 is 5.32 Å². The van der Waals surface area contributed by atoms with Crippen LogP contribution in [0.2, 0.25) is 0 Å². The quantitative estimate of drug-likeness (QED) is 0.907. The molecule has 1 N–H and O–H groups in total. The summed E-state index contributed by atoms with van der Waals surface area (Å²) in [6.07, 6.45) is -0.428. The number of carbonyl (C=O) groups is 1. The van der Waals surface area contributed by atoms with Gasteiger partial charge >= 0.3 is 0 Å². The lowest BCUT2D eigenvalue weighted by atomic mass is 10.2. The highest BCUT2D eigenvalue weighted by atomic mass is 79.9. The maximum Gasteiger partial charge on any atom is 0.250 e. The van der Waals surface area contributed by atoms with Gasteiger partial charge in [0.1, 0.15) is 11.9 Å². The van der Waals surface area contributed by atoms with Crippen molar-refractivity contribution in [2.45, 2.75) is 19.6 Å². The number of morpholine rings is 1. The van der Waals surface area contributed by atoms with Crippen LogP contribution in [0.1, 0.15) is 12.5 Å². The molecule has 110 valence electrons. The van der Waals surface area contributed by atoms with Gasteiger partial charge in [-0.25, -0.2) is 4.39 Å². The number of ether oxygens (including phenoxy) is 1. The average molecular weight is 345 g/mol. The number of amides is 1. The maximum absolute atomic E-state index is 13.0. The van der Waals surface area contributed by atoms with E-state index in [0.29, 0.717) is 24.2 Å². The molecule has 1 aliphatic heterocycles. The van der Waals surface area contributed by atoms with Crippen molar-refractivity contribution in [3.8, 4) is 0 Å². The van der Waals surface area contributed by atoms with Crippen LogP contribution >= 0.6 is 15.9 Å². The standard InChI is InChI=1S/C14H18BrFN2O2/c1-2-18-5-6-20-13(9-18)14(19)17-8-10-3-4-11(16)7-12(10)15/h3-4,7,13H,2,5-6,8-9H2,1H3,(H,17,19). The highest BCUT2D eigenvalue weighted by Gasteiger charge is 2.25. The van der Waals surface area contributed by atoms with Crippen LogP contribution in [-0.4, -0.2) is 43.2 Å². The first kappa shape index (κ1) is 15.4. The van der Waals surface area contributed by atoms with E-state index >= 15 is 0 Å². The van der Waals surface area contributed by atoms with Crippen LogP contribution in [0, 0.1) is 5.82 Å². The Balaban J connectivity index is 1.88. The Hall–Kier alpha value is -0.980. The highest BCUT2D eigenvalue weighted by molar-refractivity contribution is 9.10. The fraction of sp³-hybridized carbons (Fsp3) is 0.500. The molecular formula is C14H18BrFN2O2. The van der Waals surface area contributed by atoms with Crippen molar-refractivity contribution < 1.29 is 13.9 Å². The van der Waals surface area contributed by atoms with E-state index in [-0.39, 0.29) is 11.7 Å². The maximum atomic E-state index is 13.0. The Morgan fingerprint density at radius 3 is 3.10 bits per heavy atom. The smallest absolute Gasteiger partial charge is 0.250 e. The lowest BCUT2D eigenvalue weighted by Gasteiger charge is -2.31. The van der Waals surface area contributed by atoms with Crippen molar-refractivity contribution in [1.29, 1.82) is 0 Å². The minimum atomic E-state index is -0.428. The average Bonchev–Trinajstić information content (AvgIpc) is 2.46. The Morgan fingerprint density at radius 2 is 2.40 bits per heavy atom. The van der Waals surface area contributed by atoms with E-state index in [2.05, 4.69) is 33.1 Å². The number of nitrogens with one attached hydrogen (secondary N) is 1. The van der Waals surface area contributed by atoms with Crippen molar-refractivity contribution in [1.82, 2.24) is 10.2 Å². The predicted molar refractivity (Wildman–Crippen MR) is 77.8 cm³/mol. The molecule has 1 fully saturated rings. The third-order valence-corrected chi connectivity index (χ3v) is 4.10. The molecule has 0 bridgehead atoms. The monoisotopic (exact) mass is 344 g/mol. The lowest BCUT2D eigenvalue weighted by Crippen LogP contribution is -2.49. The molecule has 6 heteroatoms. The number of hydrogen-bond acceptors (Lipinski definition) is 3. The van der Waals surface area contributed by atoms with Gasteiger partial charge in [0.05, 0.1) is 6.61 Å². The number of rotatable bonds is 4. The minimum absolute atomic E-state index is 0.126. The van der Waals surface area contributed by atoms with Gasteiger partial charge in [0, 0.05) is 24.1 Å². The number of hydrogen-bond donors (Lipinski definition) is 1. The van der Waals surface area contributed by atoms with Crippen LogP contribution in [0.3, 0.4) is 0 Å². The summed E-state index contributed by atoms with van der Waals surface area (Å²) in [6, 6.07) is 4.42. The summed E-state index contributed by atoms with van der Waals surface area (Å²) in [6.45, 7) is 5.39. The number of nitrogens with zero attached hydrogens (tertiary/aromatic N) is 1. The van der Waals surface area contributed by atoms with Crippen LogP contribution in [0.4, 0.5) is 4.39 Å². The molecule has 0 radical (unpaired) electrons. The second-order valence-corrected chi connectivity index (χ2v) is 5.56. The van der Waals surface area contributed by atoms with E-state index in [9.17, 15) is 9.18 Å². The molecule has 1 heterocycles. The van der Waals surface area contributed by atoms with Crippen molar-refractivity contribution in [2.75, 3.05) is 26.2 Å². The van der Waals surface area contributed by atoms with E-state index in [4.69, 9.17) is 4.74 Å². The number of carbonyl (C=O) groups excluding carboxylic acids is 1. The molecule has 1 aliphatic rings. The van der Waals surface area contributed by atoms with Crippen molar-refractivity contribution in [3.05, 3.63) is 34.1 Å². The first-order valence-electron chi connectivity index (χ1n) is 6.65. The molecule has 4 nitrogen and oxygen atoms in total. The summed E-state index contributed by atoms with van der Waals surface area (Å²) in [5, 5.41) is 2.83. The highest BCUT2D eigenvalue weighted by Crippen LogP contribution is 2.17. The van der Waals surface area contributed by atoms with Gasteiger partial charge in [-0.2, -0.15) is 0 Å². The van der Waals surface area contributed by atoms with E-state index in [1.54, 1.807) is 6.07 Å². The number of halogens is 2. The molecule has 1 aromatic carbocycles. The molecule has 1 saturated heterocycles. The molecule has 0 aromatic heterocycles. The zero-order valence-corrected chi connectivity index (χ0v) is 13.0. The Kier molecular flexibility index (Phi) is 5.51. The zero-order chi connectivity index (χ0) is 14.5. The predicted octanol–water partition coefficient (Wildman–Crippen LogP) is 1.93. The minimum Gasteiger partial charge on any atom is -0.366 e. The molecule has 2 rings (SSSR count). The number of likely N-dealkylation sites (N-methyl/N-ethyl adjacent to an activating group) is 1. The molecule has 1 amide bonds. The first-order valence-corrected chi connectivity index (χ1v) is 7.45. The fourth-order valence-electron chi connectivity index (χ4n) is 2.11. The van der Waals surface area contributed by atoms with Crippen LogP contribution in [0.15, 0.2) is 22.7 Å². The normalized spacial score (nSPS) is 19.9. The third-order valence-electron chi connectivity index (χ3n) is 3.36. The van der Waals surface area contributed by atoms with Gasteiger partial charge in [-0.3, -0.25) is 9.69 Å². The van der Waals surface area contributed by atoms with E-state index in [0.717, 1.165) is 18.7 Å². The van der Waals surface area contributed by atoms with Gasteiger partial charge in [-0.1, -0.05) is 28.9 Å². The topological polar surface area (TPSA) is 41.6 Å². The van der Waals surface area contributed by atoms with Gasteiger partial charge in [0.25, 0.3) is 5.91 Å². The molecule has 0 aliphatic carbocycles. The third kappa shape index (κ3) is 4.01. The van der Waals surface area contributed by atoms with E-state index < -0.39 is 6.10 Å². The van der Waals surface area contributed by atoms with Crippen LogP contribution in [-0.2, 0) is 16.1 Å². The summed E-state index contributed by atoms with van der Waals surface area (Å²) in [4.78, 5) is 14.2. The van der Waals surface area contributed by atoms with Gasteiger partial charge in [-0.05, 0) is 24.2 Å². The molecule has 20 heavy (non-hydrogen) atoms. The SMILES string of the molecule is CCN1CCOC(C(=O)NCc2ccc(F)cc2Br)C1. The molecule has 1 aromatic rings. The molecule has 0 spiro atoms. The van der Waals surface area contributed by atoms with Crippen molar-refractivity contribution in [2.24, 2.45) is 0 Å². The summed E-state index contributed by atoms with van der Waals surface area (Å²) >= 11 is 3.28.